The van der Waals surface area contributed by atoms with Crippen LogP contribution in [-0.2, 0) is 14.6 Å². The second kappa shape index (κ2) is 8.48. The molecular formula is C12H23NO4S. The van der Waals surface area contributed by atoms with Crippen LogP contribution < -0.4 is 0 Å². The second-order valence-corrected chi connectivity index (χ2v) is 5.74. The SMILES string of the molecule is O=S(=O)(O)OC1=NCCCCCCCCCCC1. The van der Waals surface area contributed by atoms with Crippen molar-refractivity contribution in [3.63, 3.8) is 0 Å². The maximum Gasteiger partial charge on any atom is 0.447 e. The highest BCUT2D eigenvalue weighted by molar-refractivity contribution is 7.81. The maximum absolute atomic E-state index is 10.7. The molecule has 6 heteroatoms. The average molecular weight is 277 g/mol. The summed E-state index contributed by atoms with van der Waals surface area (Å²) in [5.74, 6) is 0.150. The Kier molecular flexibility index (Phi) is 7.27. The molecule has 0 unspecified atom stereocenters. The van der Waals surface area contributed by atoms with Gasteiger partial charge >= 0.3 is 10.4 Å². The molecule has 0 aliphatic carbocycles. The highest BCUT2D eigenvalue weighted by Gasteiger charge is 2.11. The number of hydrogen-bond acceptors (Lipinski definition) is 4. The molecule has 0 bridgehead atoms. The monoisotopic (exact) mass is 277 g/mol. The fourth-order valence-corrected chi connectivity index (χ4v) is 2.48. The predicted molar refractivity (Wildman–Crippen MR) is 71.1 cm³/mol. The minimum absolute atomic E-state index is 0.150. The van der Waals surface area contributed by atoms with Gasteiger partial charge in [0, 0.05) is 13.0 Å². The van der Waals surface area contributed by atoms with Crippen molar-refractivity contribution in [1.82, 2.24) is 0 Å². The molecule has 0 saturated heterocycles. The van der Waals surface area contributed by atoms with Crippen LogP contribution in [0, 0.1) is 0 Å². The van der Waals surface area contributed by atoms with Crippen molar-refractivity contribution in [1.29, 1.82) is 0 Å². The summed E-state index contributed by atoms with van der Waals surface area (Å²) in [4.78, 5) is 4.13. The van der Waals surface area contributed by atoms with E-state index in [1.807, 2.05) is 0 Å². The van der Waals surface area contributed by atoms with Crippen molar-refractivity contribution in [2.45, 2.75) is 64.2 Å². The Bertz CT molecular complexity index is 351. The van der Waals surface area contributed by atoms with Crippen LogP contribution in [0.3, 0.4) is 0 Å². The second-order valence-electron chi connectivity index (χ2n) is 4.72. The molecule has 1 aliphatic heterocycles. The summed E-state index contributed by atoms with van der Waals surface area (Å²) < 4.78 is 34.5. The van der Waals surface area contributed by atoms with E-state index in [9.17, 15) is 8.42 Å². The quantitative estimate of drug-likeness (QED) is 0.747. The summed E-state index contributed by atoms with van der Waals surface area (Å²) >= 11 is 0. The molecule has 5 nitrogen and oxygen atoms in total. The molecule has 0 atom stereocenters. The first-order valence-electron chi connectivity index (χ1n) is 6.78. The van der Waals surface area contributed by atoms with Gasteiger partial charge < -0.3 is 4.18 Å². The molecule has 106 valence electrons. The molecule has 1 aliphatic rings. The molecule has 0 saturated carbocycles. The topological polar surface area (TPSA) is 76.0 Å². The Labute approximate surface area is 110 Å². The maximum atomic E-state index is 10.7. The predicted octanol–water partition coefficient (Wildman–Crippen LogP) is 3.12. The van der Waals surface area contributed by atoms with Gasteiger partial charge in [0.1, 0.15) is 0 Å². The minimum Gasteiger partial charge on any atom is -0.346 e. The molecule has 1 rings (SSSR count). The standard InChI is InChI=1S/C12H23NO4S/c14-18(15,16)17-12-10-8-6-4-2-1-3-5-7-9-11-13-12/h1-11H2,(H,14,15,16). The third-order valence-corrected chi connectivity index (χ3v) is 3.44. The Morgan fingerprint density at radius 3 is 1.94 bits per heavy atom. The first-order chi connectivity index (χ1) is 8.58. The van der Waals surface area contributed by atoms with Gasteiger partial charge in [0.25, 0.3) is 0 Å². The van der Waals surface area contributed by atoms with Gasteiger partial charge in [-0.1, -0.05) is 44.9 Å². The van der Waals surface area contributed by atoms with Gasteiger partial charge in [-0.2, -0.15) is 8.42 Å². The van der Waals surface area contributed by atoms with E-state index in [2.05, 4.69) is 9.18 Å². The fourth-order valence-electron chi connectivity index (χ4n) is 2.10. The van der Waals surface area contributed by atoms with Crippen molar-refractivity contribution in [3.05, 3.63) is 0 Å². The van der Waals surface area contributed by atoms with Crippen LogP contribution in [0.15, 0.2) is 4.99 Å². The molecule has 0 aromatic heterocycles. The summed E-state index contributed by atoms with van der Waals surface area (Å²) in [6, 6.07) is 0. The molecule has 1 heterocycles. The average Bonchev–Trinajstić information content (AvgIpc) is 2.29. The molecule has 0 radical (unpaired) electrons. The third-order valence-electron chi connectivity index (χ3n) is 3.04. The molecule has 0 fully saturated rings. The third kappa shape index (κ3) is 8.47. The lowest BCUT2D eigenvalue weighted by Gasteiger charge is -2.05. The van der Waals surface area contributed by atoms with E-state index in [1.54, 1.807) is 0 Å². The molecule has 0 amide bonds. The summed E-state index contributed by atoms with van der Waals surface area (Å²) in [5, 5.41) is 0. The number of hydrogen-bond donors (Lipinski definition) is 1. The smallest absolute Gasteiger partial charge is 0.346 e. The zero-order chi connectivity index (χ0) is 13.3. The van der Waals surface area contributed by atoms with Crippen LogP contribution in [0.4, 0.5) is 0 Å². The van der Waals surface area contributed by atoms with Gasteiger partial charge in [-0.15, -0.1) is 0 Å². The van der Waals surface area contributed by atoms with Crippen LogP contribution in [-0.4, -0.2) is 25.4 Å². The van der Waals surface area contributed by atoms with Gasteiger partial charge in [-0.3, -0.25) is 9.55 Å². The van der Waals surface area contributed by atoms with Crippen LogP contribution in [0.1, 0.15) is 64.2 Å². The normalized spacial score (nSPS) is 21.1. The van der Waals surface area contributed by atoms with Crippen LogP contribution >= 0.6 is 0 Å². The highest BCUT2D eigenvalue weighted by atomic mass is 32.3. The Hall–Kier alpha value is -0.620. The highest BCUT2D eigenvalue weighted by Crippen LogP contribution is 2.13. The van der Waals surface area contributed by atoms with E-state index in [-0.39, 0.29) is 5.90 Å². The first kappa shape index (κ1) is 15.4. The summed E-state index contributed by atoms with van der Waals surface area (Å²) in [7, 11) is -4.43. The summed E-state index contributed by atoms with van der Waals surface area (Å²) in [5.41, 5.74) is 0. The lowest BCUT2D eigenvalue weighted by atomic mass is 10.1. The minimum atomic E-state index is -4.43. The van der Waals surface area contributed by atoms with E-state index in [0.29, 0.717) is 13.0 Å². The van der Waals surface area contributed by atoms with Gasteiger partial charge in [-0.05, 0) is 12.8 Å². The van der Waals surface area contributed by atoms with Crippen molar-refractivity contribution >= 4 is 16.3 Å². The van der Waals surface area contributed by atoms with Gasteiger partial charge in [-0.25, -0.2) is 0 Å². The lowest BCUT2D eigenvalue weighted by molar-refractivity contribution is 0.376. The van der Waals surface area contributed by atoms with E-state index >= 15 is 0 Å². The van der Waals surface area contributed by atoms with Crippen LogP contribution in [0.5, 0.6) is 0 Å². The number of aliphatic imine (C=N–C) groups is 1. The molecular weight excluding hydrogens is 254 g/mol. The number of rotatable bonds is 1. The molecule has 0 spiro atoms. The van der Waals surface area contributed by atoms with Gasteiger partial charge in [0.05, 0.1) is 0 Å². The fraction of sp³-hybridized carbons (Fsp3) is 0.917. The number of nitrogens with zero attached hydrogens (tertiary/aromatic N) is 1. The van der Waals surface area contributed by atoms with E-state index in [4.69, 9.17) is 4.55 Å². The van der Waals surface area contributed by atoms with E-state index < -0.39 is 10.4 Å². The van der Waals surface area contributed by atoms with Crippen molar-refractivity contribution in [2.75, 3.05) is 6.54 Å². The lowest BCUT2D eigenvalue weighted by Crippen LogP contribution is -2.12. The molecule has 0 aromatic carbocycles. The largest absolute Gasteiger partial charge is 0.447 e. The van der Waals surface area contributed by atoms with Gasteiger partial charge in [0.2, 0.25) is 5.90 Å². The zero-order valence-electron chi connectivity index (χ0n) is 10.8. The molecule has 1 N–H and O–H groups in total. The van der Waals surface area contributed by atoms with Crippen LogP contribution in [0.2, 0.25) is 0 Å². The Morgan fingerprint density at radius 2 is 1.39 bits per heavy atom. The van der Waals surface area contributed by atoms with Gasteiger partial charge in [0.15, 0.2) is 0 Å². The van der Waals surface area contributed by atoms with Crippen molar-refractivity contribution in [3.8, 4) is 0 Å². The molecule has 18 heavy (non-hydrogen) atoms. The van der Waals surface area contributed by atoms with E-state index in [0.717, 1.165) is 25.7 Å². The first-order valence-corrected chi connectivity index (χ1v) is 8.15. The summed E-state index contributed by atoms with van der Waals surface area (Å²) in [6.07, 6.45) is 10.6. The van der Waals surface area contributed by atoms with Crippen molar-refractivity contribution in [2.24, 2.45) is 4.99 Å². The molecule has 0 aromatic rings. The van der Waals surface area contributed by atoms with E-state index in [1.165, 1.54) is 32.1 Å². The zero-order valence-corrected chi connectivity index (χ0v) is 11.6. The van der Waals surface area contributed by atoms with Crippen LogP contribution in [0.25, 0.3) is 0 Å². The summed E-state index contributed by atoms with van der Waals surface area (Å²) in [6.45, 7) is 0.574. The Balaban J connectivity index is 2.49. The van der Waals surface area contributed by atoms with Crippen molar-refractivity contribution < 1.29 is 17.2 Å². The Morgan fingerprint density at radius 1 is 0.889 bits per heavy atom.